The molecule has 1 heterocycles. The summed E-state index contributed by atoms with van der Waals surface area (Å²) in [6.45, 7) is 10.4. The third-order valence-corrected chi connectivity index (χ3v) is 12.1. The van der Waals surface area contributed by atoms with Crippen LogP contribution in [0.2, 0.25) is 0 Å². The van der Waals surface area contributed by atoms with E-state index in [1.54, 1.807) is 19.1 Å². The molecule has 1 N–H and O–H groups in total. The Morgan fingerprint density at radius 1 is 1.03 bits per heavy atom. The molecule has 0 unspecified atom stereocenters. The van der Waals surface area contributed by atoms with Crippen molar-refractivity contribution < 1.29 is 19.4 Å². The molecule has 5 saturated carbocycles. The number of carbonyl (C=O) groups is 1. The summed E-state index contributed by atoms with van der Waals surface area (Å²) in [5.41, 5.74) is 0.901. The number of aliphatic hydroxyl groups excluding tert-OH is 1. The monoisotopic (exact) mass is 442 g/mol. The fraction of sp³-hybridized carbons (Fsp3) is 0.893. The van der Waals surface area contributed by atoms with Gasteiger partial charge in [0.25, 0.3) is 0 Å². The van der Waals surface area contributed by atoms with Gasteiger partial charge in [-0.1, -0.05) is 26.8 Å². The molecule has 1 aliphatic heterocycles. The smallest absolute Gasteiger partial charge is 0.175 e. The quantitative estimate of drug-likeness (QED) is 0.613. The Hall–Kier alpha value is -0.710. The van der Waals surface area contributed by atoms with Crippen LogP contribution in [-0.2, 0) is 14.3 Å². The van der Waals surface area contributed by atoms with E-state index in [0.717, 1.165) is 31.5 Å². The van der Waals surface area contributed by atoms with E-state index in [2.05, 4.69) is 20.8 Å². The second kappa shape index (κ2) is 6.92. The predicted octanol–water partition coefficient (Wildman–Crippen LogP) is 5.14. The molecule has 10 atom stereocenters. The highest BCUT2D eigenvalue weighted by atomic mass is 16.7. The van der Waals surface area contributed by atoms with E-state index in [1.165, 1.54) is 44.9 Å². The molecule has 2 spiro atoms. The normalized spacial score (nSPS) is 52.3. The third-order valence-electron chi connectivity index (χ3n) is 12.1. The summed E-state index contributed by atoms with van der Waals surface area (Å²) in [5, 5.41) is 10.9. The molecule has 178 valence electrons. The van der Waals surface area contributed by atoms with Crippen LogP contribution in [-0.4, -0.2) is 36.0 Å². The first-order chi connectivity index (χ1) is 15.2. The number of aliphatic hydroxyl groups is 1. The highest BCUT2D eigenvalue weighted by Crippen LogP contribution is 2.85. The van der Waals surface area contributed by atoms with Crippen LogP contribution in [0.25, 0.3) is 0 Å². The number of hydrogen-bond acceptors (Lipinski definition) is 4. The number of fused-ring (bicyclic) bond motifs is 4. The van der Waals surface area contributed by atoms with E-state index in [0.29, 0.717) is 23.2 Å². The summed E-state index contributed by atoms with van der Waals surface area (Å²) in [6.07, 6.45) is 12.9. The first-order valence-corrected chi connectivity index (χ1v) is 13.3. The van der Waals surface area contributed by atoms with Crippen molar-refractivity contribution in [3.05, 3.63) is 12.2 Å². The lowest BCUT2D eigenvalue weighted by atomic mass is 9.44. The Kier molecular flexibility index (Phi) is 4.71. The lowest BCUT2D eigenvalue weighted by Crippen LogP contribution is -2.62. The predicted molar refractivity (Wildman–Crippen MR) is 123 cm³/mol. The summed E-state index contributed by atoms with van der Waals surface area (Å²) in [7, 11) is 0. The minimum Gasteiger partial charge on any atom is -0.389 e. The van der Waals surface area contributed by atoms with Crippen LogP contribution in [0, 0.1) is 51.8 Å². The Morgan fingerprint density at radius 3 is 2.47 bits per heavy atom. The van der Waals surface area contributed by atoms with Gasteiger partial charge in [0.15, 0.2) is 11.6 Å². The maximum atomic E-state index is 11.4. The van der Waals surface area contributed by atoms with Crippen molar-refractivity contribution in [1.82, 2.24) is 0 Å². The van der Waals surface area contributed by atoms with E-state index in [1.807, 2.05) is 0 Å². The lowest BCUT2D eigenvalue weighted by molar-refractivity contribution is -0.294. The van der Waals surface area contributed by atoms with Gasteiger partial charge in [0.05, 0.1) is 19.3 Å². The number of hydrogen-bond donors (Lipinski definition) is 1. The summed E-state index contributed by atoms with van der Waals surface area (Å²) in [5.74, 6) is 3.34. The molecular weight excluding hydrogens is 400 g/mol. The number of ketones is 1. The van der Waals surface area contributed by atoms with Gasteiger partial charge >= 0.3 is 0 Å². The molecule has 0 aromatic heterocycles. The Bertz CT molecular complexity index is 829. The van der Waals surface area contributed by atoms with Crippen molar-refractivity contribution in [2.45, 2.75) is 91.0 Å². The first-order valence-electron chi connectivity index (χ1n) is 13.3. The van der Waals surface area contributed by atoms with E-state index >= 15 is 0 Å². The third kappa shape index (κ3) is 2.53. The van der Waals surface area contributed by atoms with Crippen LogP contribution in [0.1, 0.15) is 79.1 Å². The Morgan fingerprint density at radius 2 is 1.78 bits per heavy atom. The molecule has 6 fully saturated rings. The molecule has 4 heteroatoms. The van der Waals surface area contributed by atoms with Crippen LogP contribution in [0.3, 0.4) is 0 Å². The second-order valence-corrected chi connectivity index (χ2v) is 12.9. The van der Waals surface area contributed by atoms with Crippen molar-refractivity contribution in [2.75, 3.05) is 13.2 Å². The molecule has 4 nitrogen and oxygen atoms in total. The van der Waals surface area contributed by atoms with Crippen molar-refractivity contribution in [3.8, 4) is 0 Å². The average molecular weight is 443 g/mol. The fourth-order valence-corrected chi connectivity index (χ4v) is 10.7. The Balaban J connectivity index is 1.31. The van der Waals surface area contributed by atoms with Crippen LogP contribution in [0.5, 0.6) is 0 Å². The highest BCUT2D eigenvalue weighted by Gasteiger charge is 2.83. The molecule has 0 radical (unpaired) electrons. The summed E-state index contributed by atoms with van der Waals surface area (Å²) < 4.78 is 13.2. The molecule has 0 aromatic carbocycles. The van der Waals surface area contributed by atoms with Gasteiger partial charge in [-0.05, 0) is 104 Å². The topological polar surface area (TPSA) is 55.8 Å². The van der Waals surface area contributed by atoms with Crippen molar-refractivity contribution in [1.29, 1.82) is 0 Å². The lowest BCUT2D eigenvalue weighted by Gasteiger charge is -2.63. The highest BCUT2D eigenvalue weighted by molar-refractivity contribution is 5.87. The van der Waals surface area contributed by atoms with Crippen LogP contribution >= 0.6 is 0 Å². The molecule has 32 heavy (non-hydrogen) atoms. The van der Waals surface area contributed by atoms with Crippen LogP contribution in [0.15, 0.2) is 12.2 Å². The van der Waals surface area contributed by atoms with Gasteiger partial charge in [0, 0.05) is 11.8 Å². The van der Waals surface area contributed by atoms with E-state index in [9.17, 15) is 9.90 Å². The summed E-state index contributed by atoms with van der Waals surface area (Å²) in [6, 6.07) is 0. The maximum absolute atomic E-state index is 11.4. The van der Waals surface area contributed by atoms with Gasteiger partial charge in [-0.15, -0.1) is 0 Å². The average Bonchev–Trinajstić information content (AvgIpc) is 3.02. The van der Waals surface area contributed by atoms with Gasteiger partial charge in [0.1, 0.15) is 0 Å². The summed E-state index contributed by atoms with van der Waals surface area (Å²) in [4.78, 5) is 11.4. The molecule has 1 saturated heterocycles. The van der Waals surface area contributed by atoms with Gasteiger partial charge < -0.3 is 14.6 Å². The van der Waals surface area contributed by atoms with Gasteiger partial charge in [-0.25, -0.2) is 0 Å². The van der Waals surface area contributed by atoms with Gasteiger partial charge in [0.2, 0.25) is 0 Å². The SMILES string of the molecule is CC(=O)/C=C/[C@H](O)[C@@H](C)[C@H]1CC[C@H]2[C@@H]3CC4(OCCO4)[C@]45C[C@H]4CC[C@]5(C)[C@H]3CC[C@]12C. The zero-order valence-electron chi connectivity index (χ0n) is 20.4. The van der Waals surface area contributed by atoms with Crippen molar-refractivity contribution in [3.63, 3.8) is 0 Å². The van der Waals surface area contributed by atoms with Gasteiger partial charge in [-0.2, -0.15) is 0 Å². The summed E-state index contributed by atoms with van der Waals surface area (Å²) >= 11 is 0. The number of rotatable bonds is 4. The molecule has 0 bridgehead atoms. The molecule has 6 aliphatic rings. The Labute approximate surface area is 193 Å². The zero-order chi connectivity index (χ0) is 22.5. The standard InChI is InChI=1S/C28H42O4/c1-17(29)5-8-24(30)18(2)21-6-7-22-20-16-28(31-13-14-32-28)27-15-19(27)9-12-26(27,4)23(20)10-11-25(21,22)3/h5,8,18-24,30H,6-7,9-16H2,1-4H3/b8-5+/t18-,19+,20-,21+,22-,23-,24-,25+,26+,27+/m0/s1. The van der Waals surface area contributed by atoms with E-state index in [-0.39, 0.29) is 28.3 Å². The van der Waals surface area contributed by atoms with Crippen molar-refractivity contribution >= 4 is 5.78 Å². The van der Waals surface area contributed by atoms with E-state index < -0.39 is 6.10 Å². The molecule has 6 rings (SSSR count). The van der Waals surface area contributed by atoms with Crippen LogP contribution in [0.4, 0.5) is 0 Å². The maximum Gasteiger partial charge on any atom is 0.175 e. The van der Waals surface area contributed by atoms with E-state index in [4.69, 9.17) is 9.47 Å². The fourth-order valence-electron chi connectivity index (χ4n) is 10.7. The molecule has 0 aromatic rings. The van der Waals surface area contributed by atoms with Gasteiger partial charge in [-0.3, -0.25) is 4.79 Å². The minimum atomic E-state index is -0.542. The minimum absolute atomic E-state index is 0.00783. The second-order valence-electron chi connectivity index (χ2n) is 12.9. The number of ether oxygens (including phenoxy) is 2. The van der Waals surface area contributed by atoms with Crippen molar-refractivity contribution in [2.24, 2.45) is 51.8 Å². The molecule has 0 amide bonds. The number of allylic oxidation sites excluding steroid dienone is 1. The zero-order valence-corrected chi connectivity index (χ0v) is 20.4. The van der Waals surface area contributed by atoms with Crippen LogP contribution < -0.4 is 0 Å². The molecule has 5 aliphatic carbocycles. The largest absolute Gasteiger partial charge is 0.389 e. The first kappa shape index (κ1) is 21.8. The number of carbonyl (C=O) groups excluding carboxylic acids is 1. The molecular formula is C28H42O4.